The lowest BCUT2D eigenvalue weighted by Crippen LogP contribution is -2.45. The molecule has 140 valence electrons. The third-order valence-corrected chi connectivity index (χ3v) is 4.01. The maximum absolute atomic E-state index is 5.82. The zero-order chi connectivity index (χ0) is 17.3. The number of hydrogen-bond donors (Lipinski definition) is 2. The summed E-state index contributed by atoms with van der Waals surface area (Å²) in [5.74, 6) is 1.65. The van der Waals surface area contributed by atoms with Gasteiger partial charge < -0.3 is 20.1 Å². The van der Waals surface area contributed by atoms with Crippen molar-refractivity contribution in [1.82, 2.24) is 10.6 Å². The molecule has 2 N–H and O–H groups in total. The van der Waals surface area contributed by atoms with E-state index in [1.165, 1.54) is 0 Å². The zero-order valence-corrected chi connectivity index (χ0v) is 17.5. The Hall–Kier alpha value is -1.28. The molecule has 25 heavy (non-hydrogen) atoms. The van der Waals surface area contributed by atoms with Crippen LogP contribution in [0.5, 0.6) is 5.75 Å². The van der Waals surface area contributed by atoms with Gasteiger partial charge in [-0.2, -0.15) is 0 Å². The summed E-state index contributed by atoms with van der Waals surface area (Å²) in [6.45, 7) is 11.4. The molecule has 1 unspecified atom stereocenters. The molecule has 1 aliphatic heterocycles. The van der Waals surface area contributed by atoms with Gasteiger partial charge in [0.1, 0.15) is 12.4 Å². The molecule has 1 heterocycles. The normalized spacial score (nSPS) is 19.8. The van der Waals surface area contributed by atoms with Gasteiger partial charge in [-0.05, 0) is 32.8 Å². The van der Waals surface area contributed by atoms with Gasteiger partial charge in [-0.3, -0.25) is 0 Å². The number of hydrogen-bond acceptors (Lipinski definition) is 3. The van der Waals surface area contributed by atoms with Crippen LogP contribution >= 0.6 is 24.0 Å². The number of aliphatic imine (C=N–C) groups is 1. The number of benzene rings is 1. The number of guanidine groups is 1. The largest absolute Gasteiger partial charge is 0.489 e. The highest BCUT2D eigenvalue weighted by Crippen LogP contribution is 2.24. The van der Waals surface area contributed by atoms with Crippen molar-refractivity contribution in [2.24, 2.45) is 4.99 Å². The molecule has 1 aromatic carbocycles. The van der Waals surface area contributed by atoms with Gasteiger partial charge in [-0.15, -0.1) is 24.0 Å². The van der Waals surface area contributed by atoms with Gasteiger partial charge >= 0.3 is 0 Å². The average molecular weight is 459 g/mol. The minimum Gasteiger partial charge on any atom is -0.489 e. The Labute approximate surface area is 168 Å². The Morgan fingerprint density at radius 3 is 2.88 bits per heavy atom. The molecule has 1 aliphatic rings. The second-order valence-corrected chi connectivity index (χ2v) is 6.16. The van der Waals surface area contributed by atoms with Crippen molar-refractivity contribution in [2.75, 3.05) is 26.3 Å². The van der Waals surface area contributed by atoms with Gasteiger partial charge in [-0.1, -0.05) is 30.9 Å². The summed E-state index contributed by atoms with van der Waals surface area (Å²) in [5.41, 5.74) is 0.959. The maximum Gasteiger partial charge on any atom is 0.191 e. The van der Waals surface area contributed by atoms with E-state index in [0.29, 0.717) is 13.2 Å². The highest BCUT2D eigenvalue weighted by molar-refractivity contribution is 14.0. The van der Waals surface area contributed by atoms with Crippen molar-refractivity contribution in [3.05, 3.63) is 42.5 Å². The smallest absolute Gasteiger partial charge is 0.191 e. The van der Waals surface area contributed by atoms with E-state index in [1.807, 2.05) is 24.3 Å². The Morgan fingerprint density at radius 2 is 2.20 bits per heavy atom. The Balaban J connectivity index is 0.00000312. The lowest BCUT2D eigenvalue weighted by Gasteiger charge is -2.24. The molecule has 0 spiro atoms. The zero-order valence-electron chi connectivity index (χ0n) is 15.2. The van der Waals surface area contributed by atoms with Gasteiger partial charge in [0.05, 0.1) is 12.1 Å². The third kappa shape index (κ3) is 7.23. The monoisotopic (exact) mass is 459 g/mol. The first-order chi connectivity index (χ1) is 11.7. The predicted octanol–water partition coefficient (Wildman–Crippen LogP) is 3.49. The molecule has 0 radical (unpaired) electrons. The Morgan fingerprint density at radius 1 is 1.40 bits per heavy atom. The van der Waals surface area contributed by atoms with Crippen molar-refractivity contribution >= 4 is 29.9 Å². The minimum absolute atomic E-state index is 0. The van der Waals surface area contributed by atoms with Gasteiger partial charge in [0, 0.05) is 25.3 Å². The maximum atomic E-state index is 5.82. The fourth-order valence-electron chi connectivity index (χ4n) is 2.68. The number of halogens is 1. The molecule has 1 fully saturated rings. The van der Waals surface area contributed by atoms with Gasteiger partial charge in [0.2, 0.25) is 0 Å². The van der Waals surface area contributed by atoms with Crippen LogP contribution in [0.3, 0.4) is 0 Å². The highest BCUT2D eigenvalue weighted by atomic mass is 127. The topological polar surface area (TPSA) is 54.9 Å². The fraction of sp³-hybridized carbons (Fsp3) is 0.526. The number of ether oxygens (including phenoxy) is 2. The molecular weight excluding hydrogens is 429 g/mol. The SMILES string of the molecule is C=CCOc1ccccc1CN=C(NCC)NCC1(C)CCCO1.I. The molecule has 2 rings (SSSR count). The van der Waals surface area contributed by atoms with E-state index in [0.717, 1.165) is 49.8 Å². The van der Waals surface area contributed by atoms with Crippen LogP contribution in [0.4, 0.5) is 0 Å². The molecule has 0 bridgehead atoms. The average Bonchev–Trinajstić information content (AvgIpc) is 3.03. The van der Waals surface area contributed by atoms with E-state index >= 15 is 0 Å². The Bertz CT molecular complexity index is 557. The molecule has 0 aliphatic carbocycles. The van der Waals surface area contributed by atoms with Gasteiger partial charge in [0.15, 0.2) is 5.96 Å². The molecule has 6 heteroatoms. The van der Waals surface area contributed by atoms with Crippen LogP contribution in [0.25, 0.3) is 0 Å². The second-order valence-electron chi connectivity index (χ2n) is 6.16. The molecular formula is C19H30IN3O2. The highest BCUT2D eigenvalue weighted by Gasteiger charge is 2.29. The van der Waals surface area contributed by atoms with Crippen LogP contribution in [0.15, 0.2) is 41.9 Å². The molecule has 1 saturated heterocycles. The van der Waals surface area contributed by atoms with Crippen LogP contribution in [0.2, 0.25) is 0 Å². The van der Waals surface area contributed by atoms with Crippen LogP contribution in [-0.4, -0.2) is 37.9 Å². The molecule has 1 atom stereocenters. The standard InChI is InChI=1S/C19H29N3O2.HI/c1-4-12-23-17-10-7-6-9-16(17)14-21-18(20-5-2)22-15-19(3)11-8-13-24-19;/h4,6-7,9-10H,1,5,8,11-15H2,2-3H3,(H2,20,21,22);1H. The minimum atomic E-state index is -0.0961. The fourth-order valence-corrected chi connectivity index (χ4v) is 2.68. The second kappa shape index (κ2) is 11.4. The predicted molar refractivity (Wildman–Crippen MR) is 114 cm³/mol. The first kappa shape index (κ1) is 21.8. The van der Waals surface area contributed by atoms with E-state index < -0.39 is 0 Å². The van der Waals surface area contributed by atoms with E-state index in [9.17, 15) is 0 Å². The summed E-state index contributed by atoms with van der Waals surface area (Å²) < 4.78 is 11.5. The van der Waals surface area contributed by atoms with Gasteiger partial charge in [-0.25, -0.2) is 4.99 Å². The van der Waals surface area contributed by atoms with Crippen molar-refractivity contribution in [3.63, 3.8) is 0 Å². The van der Waals surface area contributed by atoms with Crippen molar-refractivity contribution < 1.29 is 9.47 Å². The van der Waals surface area contributed by atoms with Crippen LogP contribution in [0.1, 0.15) is 32.3 Å². The summed E-state index contributed by atoms with van der Waals surface area (Å²) in [6.07, 6.45) is 3.95. The van der Waals surface area contributed by atoms with E-state index in [1.54, 1.807) is 6.08 Å². The van der Waals surface area contributed by atoms with E-state index in [-0.39, 0.29) is 29.6 Å². The summed E-state index contributed by atoms with van der Waals surface area (Å²) in [4.78, 5) is 4.68. The number of nitrogens with one attached hydrogen (secondary N) is 2. The summed E-state index contributed by atoms with van der Waals surface area (Å²) in [5, 5.41) is 6.68. The van der Waals surface area contributed by atoms with Crippen molar-refractivity contribution in [1.29, 1.82) is 0 Å². The first-order valence-corrected chi connectivity index (χ1v) is 8.64. The summed E-state index contributed by atoms with van der Waals surface area (Å²) >= 11 is 0. The molecule has 0 amide bonds. The molecule has 0 saturated carbocycles. The number of rotatable bonds is 8. The summed E-state index contributed by atoms with van der Waals surface area (Å²) in [6, 6.07) is 7.96. The lowest BCUT2D eigenvalue weighted by atomic mass is 10.0. The number of nitrogens with zero attached hydrogens (tertiary/aromatic N) is 1. The summed E-state index contributed by atoms with van der Waals surface area (Å²) in [7, 11) is 0. The van der Waals surface area contributed by atoms with Crippen molar-refractivity contribution in [2.45, 2.75) is 38.8 Å². The number of para-hydroxylation sites is 1. The Kier molecular flexibility index (Phi) is 9.89. The molecule has 5 nitrogen and oxygen atoms in total. The van der Waals surface area contributed by atoms with Gasteiger partial charge in [0.25, 0.3) is 0 Å². The van der Waals surface area contributed by atoms with E-state index in [4.69, 9.17) is 9.47 Å². The van der Waals surface area contributed by atoms with Crippen LogP contribution < -0.4 is 15.4 Å². The lowest BCUT2D eigenvalue weighted by molar-refractivity contribution is 0.0243. The molecule has 1 aromatic rings. The van der Waals surface area contributed by atoms with E-state index in [2.05, 4.69) is 36.1 Å². The van der Waals surface area contributed by atoms with Crippen LogP contribution in [-0.2, 0) is 11.3 Å². The van der Waals surface area contributed by atoms with Crippen LogP contribution in [0, 0.1) is 0 Å². The quantitative estimate of drug-likeness (QED) is 0.271. The molecule has 0 aromatic heterocycles. The first-order valence-electron chi connectivity index (χ1n) is 8.64. The third-order valence-electron chi connectivity index (χ3n) is 4.01. The van der Waals surface area contributed by atoms with Crippen molar-refractivity contribution in [3.8, 4) is 5.75 Å².